The van der Waals surface area contributed by atoms with Gasteiger partial charge in [-0.15, -0.1) is 11.3 Å². The molecule has 0 bridgehead atoms. The van der Waals surface area contributed by atoms with E-state index in [1.165, 1.54) is 40.2 Å². The molecule has 1 aliphatic heterocycles. The third-order valence-electron chi connectivity index (χ3n) is 5.24. The first kappa shape index (κ1) is 22.8. The Balaban J connectivity index is 1.32. The van der Waals surface area contributed by atoms with Crippen molar-refractivity contribution >= 4 is 44.0 Å². The lowest BCUT2D eigenvalue weighted by molar-refractivity contribution is -0.120. The second kappa shape index (κ2) is 9.62. The zero-order valence-corrected chi connectivity index (χ0v) is 19.3. The minimum atomic E-state index is -3.61. The van der Waals surface area contributed by atoms with Gasteiger partial charge < -0.3 is 5.32 Å². The third kappa shape index (κ3) is 5.15. The number of hydrogen-bond donors (Lipinski definition) is 1. The molecule has 1 aromatic carbocycles. The summed E-state index contributed by atoms with van der Waals surface area (Å²) in [6.07, 6.45) is 5.90. The molecule has 11 heteroatoms. The highest BCUT2D eigenvalue weighted by Gasteiger charge is 2.32. The Morgan fingerprint density at radius 1 is 1.25 bits per heavy atom. The lowest BCUT2D eigenvalue weighted by Gasteiger charge is -2.30. The van der Waals surface area contributed by atoms with Crippen molar-refractivity contribution in [2.75, 3.05) is 18.4 Å². The topological polar surface area (TPSA) is 92.3 Å². The summed E-state index contributed by atoms with van der Waals surface area (Å²) >= 11 is 7.16. The van der Waals surface area contributed by atoms with E-state index < -0.39 is 15.8 Å². The van der Waals surface area contributed by atoms with Gasteiger partial charge in [0.25, 0.3) is 0 Å². The van der Waals surface area contributed by atoms with Crippen LogP contribution in [0.5, 0.6) is 0 Å². The van der Waals surface area contributed by atoms with Gasteiger partial charge in [-0.1, -0.05) is 17.7 Å². The van der Waals surface area contributed by atoms with Crippen LogP contribution in [0, 0.1) is 11.7 Å². The van der Waals surface area contributed by atoms with Crippen LogP contribution in [0.15, 0.2) is 53.8 Å². The van der Waals surface area contributed by atoms with Gasteiger partial charge in [0.05, 0.1) is 5.02 Å². The van der Waals surface area contributed by atoms with Gasteiger partial charge in [0, 0.05) is 48.9 Å². The number of thiazole rings is 1. The molecule has 3 aromatic rings. The van der Waals surface area contributed by atoms with E-state index in [1.54, 1.807) is 24.4 Å². The molecule has 0 radical (unpaired) electrons. The van der Waals surface area contributed by atoms with Gasteiger partial charge in [-0.05, 0) is 42.7 Å². The zero-order chi connectivity index (χ0) is 22.7. The predicted octanol–water partition coefficient (Wildman–Crippen LogP) is 3.96. The maximum atomic E-state index is 13.3. The lowest BCUT2D eigenvalue weighted by Crippen LogP contribution is -2.41. The molecule has 3 heterocycles. The standard InChI is InChI=1S/C21H20ClFN4O3S2/c22-18-11-14(3-4-19(18)23)10-16-12-25-21(31-16)26-20(28)15-5-8-27(9-6-15)32(29,30)17-2-1-7-24-13-17/h1-4,7,11-13,15H,5-6,8-10H2,(H,25,26,28). The van der Waals surface area contributed by atoms with E-state index in [4.69, 9.17) is 11.6 Å². The van der Waals surface area contributed by atoms with Crippen molar-refractivity contribution in [1.29, 1.82) is 0 Å². The van der Waals surface area contributed by atoms with Gasteiger partial charge in [0.1, 0.15) is 10.7 Å². The fourth-order valence-electron chi connectivity index (χ4n) is 3.51. The summed E-state index contributed by atoms with van der Waals surface area (Å²) in [5, 5.41) is 3.37. The van der Waals surface area contributed by atoms with Crippen LogP contribution in [0.4, 0.5) is 9.52 Å². The smallest absolute Gasteiger partial charge is 0.244 e. The van der Waals surface area contributed by atoms with Gasteiger partial charge in [-0.2, -0.15) is 4.31 Å². The number of carbonyl (C=O) groups excluding carboxylic acids is 1. The van der Waals surface area contributed by atoms with Crippen LogP contribution in [0.25, 0.3) is 0 Å². The predicted molar refractivity (Wildman–Crippen MR) is 121 cm³/mol. The molecule has 168 valence electrons. The van der Waals surface area contributed by atoms with Crippen molar-refractivity contribution in [3.63, 3.8) is 0 Å². The molecule has 1 amide bonds. The Bertz CT molecular complexity index is 1210. The number of pyridine rings is 1. The molecular weight excluding hydrogens is 475 g/mol. The van der Waals surface area contributed by atoms with Gasteiger partial charge in [0.2, 0.25) is 15.9 Å². The fourth-order valence-corrected chi connectivity index (χ4v) is 6.00. The first-order chi connectivity index (χ1) is 15.3. The SMILES string of the molecule is O=C(Nc1ncc(Cc2ccc(F)c(Cl)c2)s1)C1CCN(S(=O)(=O)c2cccnc2)CC1. The van der Waals surface area contributed by atoms with Gasteiger partial charge in [-0.25, -0.2) is 17.8 Å². The van der Waals surface area contributed by atoms with Crippen molar-refractivity contribution < 1.29 is 17.6 Å². The molecule has 1 N–H and O–H groups in total. The molecule has 1 saturated heterocycles. The monoisotopic (exact) mass is 494 g/mol. The molecule has 0 atom stereocenters. The number of sulfonamides is 1. The summed E-state index contributed by atoms with van der Waals surface area (Å²) < 4.78 is 40.1. The van der Waals surface area contributed by atoms with Crippen LogP contribution >= 0.6 is 22.9 Å². The van der Waals surface area contributed by atoms with E-state index >= 15 is 0 Å². The van der Waals surface area contributed by atoms with Crippen LogP contribution in [0.2, 0.25) is 5.02 Å². The maximum Gasteiger partial charge on any atom is 0.244 e. The molecular formula is C21H20ClFN4O3S2. The molecule has 1 fully saturated rings. The minimum Gasteiger partial charge on any atom is -0.302 e. The number of nitrogens with one attached hydrogen (secondary N) is 1. The number of halogens is 2. The van der Waals surface area contributed by atoms with E-state index in [-0.39, 0.29) is 34.8 Å². The highest BCUT2D eigenvalue weighted by molar-refractivity contribution is 7.89. The average molecular weight is 495 g/mol. The molecule has 0 unspecified atom stereocenters. The van der Waals surface area contributed by atoms with Crippen LogP contribution in [0.3, 0.4) is 0 Å². The number of carbonyl (C=O) groups is 1. The van der Waals surface area contributed by atoms with Crippen LogP contribution < -0.4 is 5.32 Å². The number of hydrogen-bond acceptors (Lipinski definition) is 6. The Hall–Kier alpha value is -2.40. The molecule has 0 saturated carbocycles. The fraction of sp³-hybridized carbons (Fsp3) is 0.286. The zero-order valence-electron chi connectivity index (χ0n) is 16.9. The molecule has 2 aromatic heterocycles. The third-order valence-corrected chi connectivity index (χ3v) is 8.33. The first-order valence-corrected chi connectivity index (χ1v) is 12.6. The Labute approximate surface area is 194 Å². The van der Waals surface area contributed by atoms with Gasteiger partial charge in [-0.3, -0.25) is 9.78 Å². The molecule has 4 rings (SSSR count). The van der Waals surface area contributed by atoms with E-state index in [9.17, 15) is 17.6 Å². The summed E-state index contributed by atoms with van der Waals surface area (Å²) in [5.41, 5.74) is 0.847. The highest BCUT2D eigenvalue weighted by atomic mass is 35.5. The molecule has 0 aliphatic carbocycles. The minimum absolute atomic E-state index is 0.0671. The van der Waals surface area contributed by atoms with Crippen LogP contribution in [-0.4, -0.2) is 41.7 Å². The second-order valence-electron chi connectivity index (χ2n) is 7.41. The van der Waals surface area contributed by atoms with E-state index in [0.717, 1.165) is 10.4 Å². The largest absolute Gasteiger partial charge is 0.302 e. The van der Waals surface area contributed by atoms with Gasteiger partial charge in [0.15, 0.2) is 5.13 Å². The van der Waals surface area contributed by atoms with Crippen molar-refractivity contribution in [1.82, 2.24) is 14.3 Å². The van der Waals surface area contributed by atoms with E-state index in [0.29, 0.717) is 24.4 Å². The Morgan fingerprint density at radius 3 is 2.72 bits per heavy atom. The van der Waals surface area contributed by atoms with Crippen LogP contribution in [-0.2, 0) is 21.2 Å². The van der Waals surface area contributed by atoms with Crippen LogP contribution in [0.1, 0.15) is 23.3 Å². The lowest BCUT2D eigenvalue weighted by atomic mass is 9.97. The number of piperidine rings is 1. The van der Waals surface area contributed by atoms with E-state index in [2.05, 4.69) is 15.3 Å². The van der Waals surface area contributed by atoms with Crippen molar-refractivity contribution in [3.05, 3.63) is 70.2 Å². The summed E-state index contributed by atoms with van der Waals surface area (Å²) in [4.78, 5) is 21.8. The number of rotatable bonds is 6. The summed E-state index contributed by atoms with van der Waals surface area (Å²) in [6, 6.07) is 7.65. The number of nitrogens with zero attached hydrogens (tertiary/aromatic N) is 3. The van der Waals surface area contributed by atoms with Gasteiger partial charge >= 0.3 is 0 Å². The summed E-state index contributed by atoms with van der Waals surface area (Å²) in [6.45, 7) is 0.535. The summed E-state index contributed by atoms with van der Waals surface area (Å²) in [7, 11) is -3.61. The maximum absolute atomic E-state index is 13.3. The average Bonchev–Trinajstić information content (AvgIpc) is 3.23. The van der Waals surface area contributed by atoms with Crippen molar-refractivity contribution in [2.24, 2.45) is 5.92 Å². The Morgan fingerprint density at radius 2 is 2.03 bits per heavy atom. The number of benzene rings is 1. The number of aromatic nitrogens is 2. The number of anilines is 1. The van der Waals surface area contributed by atoms with E-state index in [1.807, 2.05) is 0 Å². The second-order valence-corrected chi connectivity index (χ2v) is 10.9. The normalized spacial score (nSPS) is 15.6. The van der Waals surface area contributed by atoms with Crippen molar-refractivity contribution in [2.45, 2.75) is 24.2 Å². The molecule has 7 nitrogen and oxygen atoms in total. The first-order valence-electron chi connectivity index (χ1n) is 9.92. The quantitative estimate of drug-likeness (QED) is 0.560. The summed E-state index contributed by atoms with van der Waals surface area (Å²) in [5.74, 6) is -0.931. The molecule has 0 spiro atoms. The Kier molecular flexibility index (Phi) is 6.85. The molecule has 32 heavy (non-hydrogen) atoms. The highest BCUT2D eigenvalue weighted by Crippen LogP contribution is 2.27. The van der Waals surface area contributed by atoms with Crippen molar-refractivity contribution in [3.8, 4) is 0 Å². The molecule has 1 aliphatic rings. The number of amides is 1.